The fourth-order valence-corrected chi connectivity index (χ4v) is 4.12. The minimum absolute atomic E-state index is 0.862. The summed E-state index contributed by atoms with van der Waals surface area (Å²) in [6.07, 6.45) is 9.96. The predicted molar refractivity (Wildman–Crippen MR) is 99.4 cm³/mol. The highest BCUT2D eigenvalue weighted by Gasteiger charge is 2.19. The molecule has 2 heterocycles. The number of hydrogen-bond acceptors (Lipinski definition) is 2. The van der Waals surface area contributed by atoms with Crippen LogP contribution in [0.2, 0.25) is 0 Å². The number of nitrogens with zero attached hydrogens (tertiary/aromatic N) is 2. The van der Waals surface area contributed by atoms with Gasteiger partial charge in [-0.15, -0.1) is 0 Å². The van der Waals surface area contributed by atoms with E-state index in [0.717, 1.165) is 23.8 Å². The topological polar surface area (TPSA) is 6.48 Å². The maximum Gasteiger partial charge on any atom is 0.00946 e. The van der Waals surface area contributed by atoms with E-state index in [1.807, 2.05) is 0 Å². The molecule has 0 amide bonds. The molecule has 2 aliphatic heterocycles. The molecule has 2 nitrogen and oxygen atoms in total. The maximum absolute atomic E-state index is 2.53. The van der Waals surface area contributed by atoms with Crippen LogP contribution >= 0.6 is 0 Å². The summed E-state index contributed by atoms with van der Waals surface area (Å²) in [5, 5.41) is 0. The Kier molecular flexibility index (Phi) is 9.66. The first-order valence-corrected chi connectivity index (χ1v) is 9.77. The van der Waals surface area contributed by atoms with Gasteiger partial charge < -0.3 is 9.80 Å². The van der Waals surface area contributed by atoms with Crippen LogP contribution < -0.4 is 0 Å². The van der Waals surface area contributed by atoms with E-state index in [9.17, 15) is 0 Å². The van der Waals surface area contributed by atoms with Crippen molar-refractivity contribution in [1.82, 2.24) is 9.80 Å². The van der Waals surface area contributed by atoms with E-state index in [4.69, 9.17) is 0 Å². The van der Waals surface area contributed by atoms with Gasteiger partial charge in [0, 0.05) is 12.6 Å². The molecule has 0 aromatic rings. The zero-order chi connectivity index (χ0) is 16.5. The summed E-state index contributed by atoms with van der Waals surface area (Å²) in [6, 6.07) is 0.878. The van der Waals surface area contributed by atoms with Crippen molar-refractivity contribution in [2.45, 2.75) is 78.7 Å². The van der Waals surface area contributed by atoms with Gasteiger partial charge in [0.2, 0.25) is 0 Å². The van der Waals surface area contributed by atoms with Gasteiger partial charge in [0.05, 0.1) is 0 Å². The molecule has 0 spiro atoms. The van der Waals surface area contributed by atoms with Crippen LogP contribution in [0.25, 0.3) is 0 Å². The summed E-state index contributed by atoms with van der Waals surface area (Å²) >= 11 is 0. The van der Waals surface area contributed by atoms with Crippen LogP contribution in [0, 0.1) is 17.8 Å². The van der Waals surface area contributed by atoms with Gasteiger partial charge in [-0.2, -0.15) is 0 Å². The van der Waals surface area contributed by atoms with Crippen molar-refractivity contribution in [3.05, 3.63) is 0 Å². The van der Waals surface area contributed by atoms with Crippen LogP contribution in [0.1, 0.15) is 72.6 Å². The number of likely N-dealkylation sites (tertiary alicyclic amines) is 2. The van der Waals surface area contributed by atoms with Gasteiger partial charge in [-0.25, -0.2) is 0 Å². The lowest BCUT2D eigenvalue weighted by Crippen LogP contribution is -2.36. The molecule has 2 atom stereocenters. The van der Waals surface area contributed by atoms with Crippen LogP contribution in [0.3, 0.4) is 0 Å². The van der Waals surface area contributed by atoms with Crippen molar-refractivity contribution in [3.8, 4) is 0 Å². The molecule has 2 saturated heterocycles. The van der Waals surface area contributed by atoms with Crippen molar-refractivity contribution in [3.63, 3.8) is 0 Å². The number of hydrogen-bond donors (Lipinski definition) is 0. The molecule has 22 heavy (non-hydrogen) atoms. The third kappa shape index (κ3) is 8.53. The lowest BCUT2D eigenvalue weighted by molar-refractivity contribution is 0.163. The fraction of sp³-hybridized carbons (Fsp3) is 1.00. The molecule has 2 unspecified atom stereocenters. The zero-order valence-corrected chi connectivity index (χ0v) is 16.3. The largest absolute Gasteiger partial charge is 0.306 e. The predicted octanol–water partition coefficient (Wildman–Crippen LogP) is 4.89. The molecule has 0 saturated carbocycles. The Morgan fingerprint density at radius 3 is 2.05 bits per heavy atom. The van der Waals surface area contributed by atoms with Gasteiger partial charge in [0.15, 0.2) is 0 Å². The summed E-state index contributed by atoms with van der Waals surface area (Å²) in [5.74, 6) is 2.72. The first kappa shape index (κ1) is 20.0. The molecule has 0 bridgehead atoms. The first-order chi connectivity index (χ1) is 10.4. The van der Waals surface area contributed by atoms with E-state index in [2.05, 4.69) is 51.6 Å². The van der Waals surface area contributed by atoms with Crippen LogP contribution in [0.4, 0.5) is 0 Å². The van der Waals surface area contributed by atoms with E-state index in [-0.39, 0.29) is 0 Å². The average Bonchev–Trinajstić information content (AvgIpc) is 2.41. The van der Waals surface area contributed by atoms with Crippen LogP contribution in [0.15, 0.2) is 0 Å². The second kappa shape index (κ2) is 10.6. The molecule has 0 aromatic heterocycles. The van der Waals surface area contributed by atoms with Crippen molar-refractivity contribution < 1.29 is 0 Å². The second-order valence-corrected chi connectivity index (χ2v) is 8.66. The zero-order valence-electron chi connectivity index (χ0n) is 16.3. The number of rotatable bonds is 4. The lowest BCUT2D eigenvalue weighted by Gasteiger charge is -2.33. The van der Waals surface area contributed by atoms with Gasteiger partial charge >= 0.3 is 0 Å². The minimum Gasteiger partial charge on any atom is -0.306 e. The number of piperidine rings is 2. The Morgan fingerprint density at radius 2 is 1.50 bits per heavy atom. The summed E-state index contributed by atoms with van der Waals surface area (Å²) in [6.45, 7) is 13.3. The average molecular weight is 311 g/mol. The van der Waals surface area contributed by atoms with Gasteiger partial charge in [0.1, 0.15) is 0 Å². The summed E-state index contributed by atoms with van der Waals surface area (Å²) in [7, 11) is 4.51. The summed E-state index contributed by atoms with van der Waals surface area (Å²) < 4.78 is 0. The van der Waals surface area contributed by atoms with E-state index in [0.29, 0.717) is 0 Å². The Labute approximate surface area is 140 Å². The Hall–Kier alpha value is -0.0800. The van der Waals surface area contributed by atoms with Crippen molar-refractivity contribution >= 4 is 0 Å². The summed E-state index contributed by atoms with van der Waals surface area (Å²) in [5.41, 5.74) is 0. The lowest BCUT2D eigenvalue weighted by atomic mass is 9.90. The van der Waals surface area contributed by atoms with E-state index >= 15 is 0 Å². The second-order valence-electron chi connectivity index (χ2n) is 8.66. The third-order valence-electron chi connectivity index (χ3n) is 5.19. The normalized spacial score (nSPS) is 27.8. The molecule has 0 N–H and O–H groups in total. The monoisotopic (exact) mass is 310 g/mol. The Morgan fingerprint density at radius 1 is 0.818 bits per heavy atom. The Balaban J connectivity index is 0.000000220. The van der Waals surface area contributed by atoms with Crippen LogP contribution in [0.5, 0.6) is 0 Å². The molecular formula is C20H42N2. The van der Waals surface area contributed by atoms with Crippen molar-refractivity contribution in [2.24, 2.45) is 17.8 Å². The van der Waals surface area contributed by atoms with E-state index < -0.39 is 0 Å². The molecule has 2 rings (SSSR count). The first-order valence-electron chi connectivity index (χ1n) is 9.77. The summed E-state index contributed by atoms with van der Waals surface area (Å²) in [4.78, 5) is 5.00. The smallest absolute Gasteiger partial charge is 0.00946 e. The van der Waals surface area contributed by atoms with Crippen LogP contribution in [-0.2, 0) is 0 Å². The molecule has 0 aromatic carbocycles. The van der Waals surface area contributed by atoms with Gasteiger partial charge in [-0.05, 0) is 83.5 Å². The Bertz CT molecular complexity index is 273. The highest BCUT2D eigenvalue weighted by atomic mass is 15.1. The van der Waals surface area contributed by atoms with Crippen LogP contribution in [-0.4, -0.2) is 49.6 Å². The fourth-order valence-electron chi connectivity index (χ4n) is 4.12. The molecule has 2 aliphatic rings. The maximum atomic E-state index is 2.53. The molecule has 0 aliphatic carbocycles. The minimum atomic E-state index is 0.862. The van der Waals surface area contributed by atoms with E-state index in [1.54, 1.807) is 0 Å². The highest BCUT2D eigenvalue weighted by Crippen LogP contribution is 2.22. The van der Waals surface area contributed by atoms with E-state index in [1.165, 1.54) is 64.6 Å². The standard InChI is InChI=1S/2C10H21N/c1-9(2)7-10-5-4-6-11(3)8-10;1-9(2)8-10-6-4-5-7-11(10)3/h2*9-10H,4-8H2,1-3H3. The van der Waals surface area contributed by atoms with Gasteiger partial charge in [-0.1, -0.05) is 34.1 Å². The molecule has 2 fully saturated rings. The third-order valence-corrected chi connectivity index (χ3v) is 5.19. The quantitative estimate of drug-likeness (QED) is 0.729. The van der Waals surface area contributed by atoms with Crippen molar-refractivity contribution in [1.29, 1.82) is 0 Å². The SMILES string of the molecule is CC(C)CC1CCCCN1C.CC(C)CC1CCCN(C)C1. The van der Waals surface area contributed by atoms with Crippen molar-refractivity contribution in [2.75, 3.05) is 33.7 Å². The molecular weight excluding hydrogens is 268 g/mol. The molecule has 0 radical (unpaired) electrons. The van der Waals surface area contributed by atoms with Gasteiger partial charge in [-0.3, -0.25) is 0 Å². The highest BCUT2D eigenvalue weighted by molar-refractivity contribution is 4.74. The molecule has 2 heteroatoms. The van der Waals surface area contributed by atoms with Gasteiger partial charge in [0.25, 0.3) is 0 Å². The molecule has 132 valence electrons.